The first kappa shape index (κ1) is 34.2. The number of fused-ring (bicyclic) bond motifs is 1. The van der Waals surface area contributed by atoms with E-state index in [4.69, 9.17) is 39.1 Å². The van der Waals surface area contributed by atoms with Crippen LogP contribution in [0.1, 0.15) is 40.1 Å². The molecule has 0 heterocycles. The summed E-state index contributed by atoms with van der Waals surface area (Å²) in [5, 5.41) is 22.6. The van der Waals surface area contributed by atoms with Crippen molar-refractivity contribution in [2.45, 2.75) is 18.7 Å². The molecule has 6 N–H and O–H groups in total. The molecule has 48 heavy (non-hydrogen) atoms. The second kappa shape index (κ2) is 13.9. The molecule has 0 radical (unpaired) electrons. The second-order valence-corrected chi connectivity index (χ2v) is 13.8. The van der Waals surface area contributed by atoms with Gasteiger partial charge in [-0.05, 0) is 83.4 Å². The third-order valence-corrected chi connectivity index (χ3v) is 9.37. The SMILES string of the molecule is CC(C)CNC(=O)c1ccc(-c2cc(NS(=O)(=O)c3ccc(Cl)c(Cl)c3)ccc2Oc2ccc3cc(C(=N)N)ccc3c2)c(C(=O)O)c1. The predicted molar refractivity (Wildman–Crippen MR) is 188 cm³/mol. The number of rotatable bonds is 11. The van der Waals surface area contributed by atoms with Gasteiger partial charge in [0.25, 0.3) is 15.9 Å². The Labute approximate surface area is 287 Å². The van der Waals surface area contributed by atoms with Crippen LogP contribution in [0.2, 0.25) is 10.0 Å². The Balaban J connectivity index is 1.60. The molecule has 0 aliphatic carbocycles. The van der Waals surface area contributed by atoms with Gasteiger partial charge >= 0.3 is 5.97 Å². The third kappa shape index (κ3) is 7.71. The summed E-state index contributed by atoms with van der Waals surface area (Å²) in [5.41, 5.74) is 6.68. The Bertz CT molecular complexity index is 2210. The number of amides is 1. The minimum Gasteiger partial charge on any atom is -0.478 e. The highest BCUT2D eigenvalue weighted by Gasteiger charge is 2.22. The summed E-state index contributed by atoms with van der Waals surface area (Å²) >= 11 is 12.0. The lowest BCUT2D eigenvalue weighted by Gasteiger charge is -2.17. The maximum absolute atomic E-state index is 13.3. The fourth-order valence-electron chi connectivity index (χ4n) is 4.83. The van der Waals surface area contributed by atoms with Crippen LogP contribution in [-0.2, 0) is 10.0 Å². The number of nitrogens with one attached hydrogen (secondary N) is 3. The molecule has 0 atom stereocenters. The van der Waals surface area contributed by atoms with E-state index in [1.54, 1.807) is 36.4 Å². The van der Waals surface area contributed by atoms with Gasteiger partial charge in [0.05, 0.1) is 20.5 Å². The molecule has 1 amide bonds. The van der Waals surface area contributed by atoms with Crippen LogP contribution in [0, 0.1) is 11.3 Å². The molecular formula is C35H30Cl2N4O6S. The van der Waals surface area contributed by atoms with Gasteiger partial charge in [-0.3, -0.25) is 14.9 Å². The summed E-state index contributed by atoms with van der Waals surface area (Å²) in [6, 6.07) is 23.1. The average Bonchev–Trinajstić information content (AvgIpc) is 3.04. The fraction of sp³-hybridized carbons (Fsp3) is 0.114. The number of aromatic carboxylic acids is 1. The summed E-state index contributed by atoms with van der Waals surface area (Å²) in [5.74, 6) is -0.982. The van der Waals surface area contributed by atoms with E-state index in [0.717, 1.165) is 10.8 Å². The van der Waals surface area contributed by atoms with Crippen molar-refractivity contribution >= 4 is 67.4 Å². The number of carboxylic acid groups (broad SMARTS) is 1. The van der Waals surface area contributed by atoms with Crippen LogP contribution in [-0.4, -0.2) is 37.8 Å². The summed E-state index contributed by atoms with van der Waals surface area (Å²) in [7, 11) is -4.14. The first-order valence-corrected chi connectivity index (χ1v) is 16.8. The van der Waals surface area contributed by atoms with Gasteiger partial charge in [0, 0.05) is 34.5 Å². The molecule has 0 aliphatic rings. The molecule has 0 unspecified atom stereocenters. The van der Waals surface area contributed by atoms with E-state index < -0.39 is 21.9 Å². The second-order valence-electron chi connectivity index (χ2n) is 11.3. The molecule has 0 aliphatic heterocycles. The number of carboxylic acids is 1. The lowest BCUT2D eigenvalue weighted by atomic mass is 9.96. The zero-order valence-electron chi connectivity index (χ0n) is 25.7. The predicted octanol–water partition coefficient (Wildman–Crippen LogP) is 7.77. The third-order valence-electron chi connectivity index (χ3n) is 7.26. The Hall–Kier alpha value is -5.10. The van der Waals surface area contributed by atoms with Crippen molar-refractivity contribution in [3.05, 3.63) is 118 Å². The first-order valence-electron chi connectivity index (χ1n) is 14.6. The van der Waals surface area contributed by atoms with Crippen LogP contribution in [0.4, 0.5) is 5.69 Å². The van der Waals surface area contributed by atoms with Crippen LogP contribution in [0.15, 0.2) is 95.9 Å². The largest absolute Gasteiger partial charge is 0.478 e. The van der Waals surface area contributed by atoms with Crippen LogP contribution < -0.4 is 20.5 Å². The summed E-state index contributed by atoms with van der Waals surface area (Å²) in [4.78, 5) is 25.2. The molecule has 10 nitrogen and oxygen atoms in total. The van der Waals surface area contributed by atoms with Crippen molar-refractivity contribution in [1.29, 1.82) is 5.41 Å². The zero-order valence-corrected chi connectivity index (χ0v) is 28.0. The van der Waals surface area contributed by atoms with Crippen LogP contribution in [0.25, 0.3) is 21.9 Å². The smallest absolute Gasteiger partial charge is 0.336 e. The summed E-state index contributed by atoms with van der Waals surface area (Å²) < 4.78 is 35.3. The summed E-state index contributed by atoms with van der Waals surface area (Å²) in [6.07, 6.45) is 0. The highest BCUT2D eigenvalue weighted by atomic mass is 35.5. The number of amidine groups is 1. The molecule has 5 aromatic rings. The lowest BCUT2D eigenvalue weighted by Crippen LogP contribution is -2.27. The molecule has 0 saturated carbocycles. The Morgan fingerprint density at radius 3 is 2.25 bits per heavy atom. The number of anilines is 1. The van der Waals surface area contributed by atoms with Gasteiger partial charge in [-0.2, -0.15) is 0 Å². The zero-order chi connectivity index (χ0) is 34.7. The van der Waals surface area contributed by atoms with E-state index in [1.165, 1.54) is 54.6 Å². The minimum atomic E-state index is -4.14. The van der Waals surface area contributed by atoms with Crippen molar-refractivity contribution in [3.8, 4) is 22.6 Å². The molecule has 246 valence electrons. The lowest BCUT2D eigenvalue weighted by molar-refractivity contribution is 0.0697. The normalized spacial score (nSPS) is 11.4. The quantitative estimate of drug-likeness (QED) is 0.0690. The molecular weight excluding hydrogens is 675 g/mol. The van der Waals surface area contributed by atoms with Crippen molar-refractivity contribution in [3.63, 3.8) is 0 Å². The number of carbonyl (C=O) groups is 2. The van der Waals surface area contributed by atoms with Gasteiger partial charge in [-0.15, -0.1) is 0 Å². The average molecular weight is 706 g/mol. The highest BCUT2D eigenvalue weighted by molar-refractivity contribution is 7.92. The standard InChI is InChI=1S/C35H30Cl2N4O6S/c1-19(2)18-40-34(42)23-6-10-27(29(15-23)35(43)44)28-16-24(41-48(45,46)26-9-11-30(36)31(37)17-26)7-12-32(28)47-25-8-5-20-13-22(33(38)39)4-3-21(20)14-25/h3-17,19,41H,18H2,1-2H3,(H3,38,39)(H,40,42)(H,43,44). The maximum Gasteiger partial charge on any atom is 0.336 e. The van der Waals surface area contributed by atoms with Crippen LogP contribution >= 0.6 is 23.2 Å². The van der Waals surface area contributed by atoms with Gasteiger partial charge in [-0.25, -0.2) is 13.2 Å². The van der Waals surface area contributed by atoms with Crippen molar-refractivity contribution < 1.29 is 27.9 Å². The number of benzene rings is 5. The van der Waals surface area contributed by atoms with Crippen LogP contribution in [0.5, 0.6) is 11.5 Å². The van der Waals surface area contributed by atoms with Gasteiger partial charge < -0.3 is 20.9 Å². The topological polar surface area (TPSA) is 172 Å². The van der Waals surface area contributed by atoms with Gasteiger partial charge in [-0.1, -0.05) is 61.3 Å². The molecule has 0 saturated heterocycles. The number of sulfonamides is 1. The summed E-state index contributed by atoms with van der Waals surface area (Å²) in [6.45, 7) is 4.29. The molecule has 5 aromatic carbocycles. The fourth-order valence-corrected chi connectivity index (χ4v) is 6.27. The van der Waals surface area contributed by atoms with E-state index in [2.05, 4.69) is 10.0 Å². The molecule has 0 fully saturated rings. The molecule has 0 spiro atoms. The highest BCUT2D eigenvalue weighted by Crippen LogP contribution is 2.39. The van der Waals surface area contributed by atoms with Crippen molar-refractivity contribution in [2.24, 2.45) is 11.7 Å². The van der Waals surface area contributed by atoms with E-state index in [9.17, 15) is 23.1 Å². The van der Waals surface area contributed by atoms with E-state index in [-0.39, 0.29) is 60.4 Å². The maximum atomic E-state index is 13.3. The Kier molecular flexibility index (Phi) is 9.95. The van der Waals surface area contributed by atoms with Crippen molar-refractivity contribution in [1.82, 2.24) is 5.32 Å². The van der Waals surface area contributed by atoms with E-state index >= 15 is 0 Å². The van der Waals surface area contributed by atoms with Gasteiger partial charge in [0.15, 0.2) is 0 Å². The van der Waals surface area contributed by atoms with Crippen LogP contribution in [0.3, 0.4) is 0 Å². The number of carbonyl (C=O) groups excluding carboxylic acids is 1. The number of hydrogen-bond acceptors (Lipinski definition) is 6. The molecule has 0 aromatic heterocycles. The molecule has 5 rings (SSSR count). The number of nitrogens with two attached hydrogens (primary N) is 1. The minimum absolute atomic E-state index is 0.0560. The van der Waals surface area contributed by atoms with Gasteiger partial charge in [0.2, 0.25) is 0 Å². The number of hydrogen-bond donors (Lipinski definition) is 5. The van der Waals surface area contributed by atoms with Gasteiger partial charge in [0.1, 0.15) is 17.3 Å². The Morgan fingerprint density at radius 2 is 1.56 bits per heavy atom. The number of halogens is 2. The number of ether oxygens (including phenoxy) is 1. The number of nitrogen functional groups attached to an aromatic ring is 1. The first-order chi connectivity index (χ1) is 22.7. The van der Waals surface area contributed by atoms with E-state index in [1.807, 2.05) is 13.8 Å². The Morgan fingerprint density at radius 1 is 0.854 bits per heavy atom. The van der Waals surface area contributed by atoms with Crippen molar-refractivity contribution in [2.75, 3.05) is 11.3 Å². The van der Waals surface area contributed by atoms with E-state index in [0.29, 0.717) is 17.9 Å². The molecule has 13 heteroatoms. The monoisotopic (exact) mass is 704 g/mol. The molecule has 0 bridgehead atoms.